The van der Waals surface area contributed by atoms with Crippen LogP contribution in [0.25, 0.3) is 0 Å². The number of piperidine rings is 1. The first kappa shape index (κ1) is 16.3. The summed E-state index contributed by atoms with van der Waals surface area (Å²) in [6.45, 7) is 3.13. The van der Waals surface area contributed by atoms with Gasteiger partial charge in [0.1, 0.15) is 5.82 Å². The van der Waals surface area contributed by atoms with E-state index in [1.54, 1.807) is 12.1 Å². The van der Waals surface area contributed by atoms with Crippen molar-refractivity contribution in [3.05, 3.63) is 34.6 Å². The Morgan fingerprint density at radius 1 is 1.17 bits per heavy atom. The largest absolute Gasteiger partial charge is 0.341 e. The Morgan fingerprint density at radius 2 is 2.00 bits per heavy atom. The van der Waals surface area contributed by atoms with Crippen molar-refractivity contribution in [1.29, 1.82) is 0 Å². The molecule has 5 rings (SSSR count). The van der Waals surface area contributed by atoms with Crippen LogP contribution in [0.1, 0.15) is 37.7 Å². The molecule has 4 aliphatic rings. The van der Waals surface area contributed by atoms with Crippen LogP contribution in [0.2, 0.25) is 5.02 Å². The maximum atomic E-state index is 14.1. The van der Waals surface area contributed by atoms with E-state index in [4.69, 9.17) is 11.6 Å². The van der Waals surface area contributed by atoms with E-state index >= 15 is 0 Å². The van der Waals surface area contributed by atoms with Crippen LogP contribution in [-0.4, -0.2) is 41.4 Å². The SMILES string of the molecule is O=C(C1CCC1)N1C[C@@H]2CC[C@H](C1)N(Cc1c(F)cccc1Cl)C2. The second-order valence-electron chi connectivity index (χ2n) is 7.60. The summed E-state index contributed by atoms with van der Waals surface area (Å²) in [5, 5.41) is 0.498. The van der Waals surface area contributed by atoms with E-state index in [0.717, 1.165) is 38.9 Å². The van der Waals surface area contributed by atoms with Crippen LogP contribution < -0.4 is 0 Å². The summed E-state index contributed by atoms with van der Waals surface area (Å²) in [4.78, 5) is 17.1. The van der Waals surface area contributed by atoms with Gasteiger partial charge in [0.25, 0.3) is 0 Å². The van der Waals surface area contributed by atoms with E-state index in [9.17, 15) is 9.18 Å². The Morgan fingerprint density at radius 3 is 2.71 bits per heavy atom. The van der Waals surface area contributed by atoms with Crippen molar-refractivity contribution < 1.29 is 9.18 Å². The van der Waals surface area contributed by atoms with E-state index in [1.807, 2.05) is 0 Å². The number of benzene rings is 1. The van der Waals surface area contributed by atoms with Gasteiger partial charge in [-0.25, -0.2) is 4.39 Å². The predicted molar refractivity (Wildman–Crippen MR) is 92.3 cm³/mol. The number of amides is 1. The fourth-order valence-electron chi connectivity index (χ4n) is 4.35. The van der Waals surface area contributed by atoms with Crippen LogP contribution >= 0.6 is 11.6 Å². The molecule has 5 heteroatoms. The Hall–Kier alpha value is -1.13. The van der Waals surface area contributed by atoms with Crippen molar-refractivity contribution in [1.82, 2.24) is 9.80 Å². The average Bonchev–Trinajstić information content (AvgIpc) is 2.81. The van der Waals surface area contributed by atoms with Crippen LogP contribution in [0.5, 0.6) is 0 Å². The van der Waals surface area contributed by atoms with Crippen molar-refractivity contribution in [3.8, 4) is 0 Å². The molecule has 0 unspecified atom stereocenters. The standard InChI is InChI=1S/C19H24ClFN2O/c20-17-5-2-6-18(21)16(17)12-22-9-13-7-8-15(22)11-23(10-13)19(24)14-3-1-4-14/h2,5-6,13-15H,1,3-4,7-12H2/t13-,15-/m1/s1. The molecule has 0 radical (unpaired) electrons. The Bertz CT molecular complexity index is 614. The molecular weight excluding hydrogens is 327 g/mol. The van der Waals surface area contributed by atoms with E-state index in [-0.39, 0.29) is 11.7 Å². The molecule has 0 aromatic heterocycles. The number of carbonyl (C=O) groups is 1. The predicted octanol–water partition coefficient (Wildman–Crippen LogP) is 3.70. The Kier molecular flexibility index (Phi) is 4.52. The average molecular weight is 351 g/mol. The molecule has 1 amide bonds. The van der Waals surface area contributed by atoms with Gasteiger partial charge in [-0.05, 0) is 43.7 Å². The number of hydrogen-bond donors (Lipinski definition) is 0. The third-order valence-corrected chi connectivity index (χ3v) is 6.37. The van der Waals surface area contributed by atoms with Gasteiger partial charge in [-0.3, -0.25) is 9.69 Å². The molecule has 1 saturated carbocycles. The second-order valence-corrected chi connectivity index (χ2v) is 8.01. The number of hydrogen-bond acceptors (Lipinski definition) is 2. The van der Waals surface area contributed by atoms with Gasteiger partial charge in [0.2, 0.25) is 5.91 Å². The number of nitrogens with zero attached hydrogens (tertiary/aromatic N) is 2. The molecule has 1 aliphatic carbocycles. The van der Waals surface area contributed by atoms with Crippen molar-refractivity contribution >= 4 is 17.5 Å². The first-order chi connectivity index (χ1) is 11.6. The minimum absolute atomic E-state index is 0.231. The summed E-state index contributed by atoms with van der Waals surface area (Å²) in [6, 6.07) is 5.20. The molecule has 3 heterocycles. The highest BCUT2D eigenvalue weighted by Crippen LogP contribution is 2.34. The third-order valence-electron chi connectivity index (χ3n) is 6.02. The first-order valence-electron chi connectivity index (χ1n) is 9.07. The van der Waals surface area contributed by atoms with Crippen molar-refractivity contribution in [2.45, 2.75) is 44.7 Å². The molecule has 3 nitrogen and oxygen atoms in total. The first-order valence-corrected chi connectivity index (χ1v) is 9.45. The lowest BCUT2D eigenvalue weighted by atomic mass is 9.84. The van der Waals surface area contributed by atoms with Crippen LogP contribution in [0.4, 0.5) is 4.39 Å². The number of halogens is 2. The highest BCUT2D eigenvalue weighted by molar-refractivity contribution is 6.31. The molecule has 24 heavy (non-hydrogen) atoms. The quantitative estimate of drug-likeness (QED) is 0.829. The fourth-order valence-corrected chi connectivity index (χ4v) is 4.58. The highest BCUT2D eigenvalue weighted by Gasteiger charge is 2.39. The van der Waals surface area contributed by atoms with Crippen molar-refractivity contribution in [3.63, 3.8) is 0 Å². The minimum Gasteiger partial charge on any atom is -0.341 e. The smallest absolute Gasteiger partial charge is 0.225 e. The zero-order valence-electron chi connectivity index (χ0n) is 13.9. The molecule has 1 aromatic carbocycles. The topological polar surface area (TPSA) is 23.6 Å². The molecule has 3 saturated heterocycles. The summed E-state index contributed by atoms with van der Waals surface area (Å²) >= 11 is 6.21. The van der Waals surface area contributed by atoms with Gasteiger partial charge in [-0.1, -0.05) is 24.1 Å². The van der Waals surface area contributed by atoms with Gasteiger partial charge >= 0.3 is 0 Å². The zero-order chi connectivity index (χ0) is 16.7. The van der Waals surface area contributed by atoms with Gasteiger partial charge in [0.05, 0.1) is 0 Å². The Labute approximate surface area is 147 Å². The lowest BCUT2D eigenvalue weighted by molar-refractivity contribution is -0.138. The summed E-state index contributed by atoms with van der Waals surface area (Å²) in [6.07, 6.45) is 5.55. The summed E-state index contributed by atoms with van der Waals surface area (Å²) in [5.41, 5.74) is 0.587. The van der Waals surface area contributed by atoms with Crippen molar-refractivity contribution in [2.75, 3.05) is 19.6 Å². The van der Waals surface area contributed by atoms with Gasteiger partial charge in [-0.2, -0.15) is 0 Å². The molecule has 130 valence electrons. The van der Waals surface area contributed by atoms with Gasteiger partial charge < -0.3 is 4.90 Å². The molecule has 2 bridgehead atoms. The molecule has 0 spiro atoms. The minimum atomic E-state index is -0.231. The molecular formula is C19H24ClFN2O. The van der Waals surface area contributed by atoms with Crippen LogP contribution in [0, 0.1) is 17.7 Å². The Balaban J connectivity index is 1.49. The van der Waals surface area contributed by atoms with E-state index in [0.29, 0.717) is 35.0 Å². The summed E-state index contributed by atoms with van der Waals surface area (Å²) in [5.74, 6) is 0.879. The lowest BCUT2D eigenvalue weighted by Gasteiger charge is -2.36. The normalized spacial score (nSPS) is 27.8. The number of rotatable bonds is 3. The van der Waals surface area contributed by atoms with E-state index < -0.39 is 0 Å². The number of carbonyl (C=O) groups excluding carboxylic acids is 1. The summed E-state index contributed by atoms with van der Waals surface area (Å²) in [7, 11) is 0. The van der Waals surface area contributed by atoms with E-state index in [1.165, 1.54) is 18.9 Å². The zero-order valence-corrected chi connectivity index (χ0v) is 14.6. The molecule has 1 aromatic rings. The maximum Gasteiger partial charge on any atom is 0.225 e. The third kappa shape index (κ3) is 3.06. The lowest BCUT2D eigenvalue weighted by Crippen LogP contribution is -2.45. The van der Waals surface area contributed by atoms with Crippen LogP contribution in [-0.2, 0) is 11.3 Å². The van der Waals surface area contributed by atoms with Gasteiger partial charge in [-0.15, -0.1) is 0 Å². The second kappa shape index (κ2) is 6.64. The summed E-state index contributed by atoms with van der Waals surface area (Å²) < 4.78 is 14.1. The molecule has 3 aliphatic heterocycles. The maximum absolute atomic E-state index is 14.1. The fraction of sp³-hybridized carbons (Fsp3) is 0.632. The van der Waals surface area contributed by atoms with E-state index in [2.05, 4.69) is 9.80 Å². The van der Waals surface area contributed by atoms with Gasteiger partial charge in [0.15, 0.2) is 0 Å². The molecule has 2 atom stereocenters. The van der Waals surface area contributed by atoms with Gasteiger partial charge in [0, 0.05) is 48.7 Å². The van der Waals surface area contributed by atoms with Crippen LogP contribution in [0.15, 0.2) is 18.2 Å². The number of fused-ring (bicyclic) bond motifs is 4. The van der Waals surface area contributed by atoms with Crippen LogP contribution in [0.3, 0.4) is 0 Å². The monoisotopic (exact) mass is 350 g/mol. The highest BCUT2D eigenvalue weighted by atomic mass is 35.5. The molecule has 4 fully saturated rings. The van der Waals surface area contributed by atoms with Crippen molar-refractivity contribution in [2.24, 2.45) is 11.8 Å². The molecule has 0 N–H and O–H groups in total.